The summed E-state index contributed by atoms with van der Waals surface area (Å²) in [6.45, 7) is 3.27. The van der Waals surface area contributed by atoms with E-state index in [1.54, 1.807) is 14.2 Å². The van der Waals surface area contributed by atoms with Crippen LogP contribution in [0.2, 0.25) is 0 Å². The third kappa shape index (κ3) is 5.19. The smallest absolute Gasteiger partial charge is 0.123 e. The first kappa shape index (κ1) is 16.0. The van der Waals surface area contributed by atoms with Gasteiger partial charge in [0.1, 0.15) is 5.75 Å². The van der Waals surface area contributed by atoms with Gasteiger partial charge in [-0.2, -0.15) is 0 Å². The molecule has 2 N–H and O–H groups in total. The van der Waals surface area contributed by atoms with Gasteiger partial charge in [-0.1, -0.05) is 25.1 Å². The number of aliphatic hydroxyl groups is 1. The van der Waals surface area contributed by atoms with Gasteiger partial charge < -0.3 is 19.9 Å². The fourth-order valence-electron chi connectivity index (χ4n) is 2.13. The summed E-state index contributed by atoms with van der Waals surface area (Å²) in [7, 11) is 3.29. The summed E-state index contributed by atoms with van der Waals surface area (Å²) in [6.07, 6.45) is 1.24. The highest BCUT2D eigenvalue weighted by Crippen LogP contribution is 2.26. The third-order valence-corrected chi connectivity index (χ3v) is 3.15. The molecular weight excluding hydrogens is 242 g/mol. The molecule has 1 aromatic rings. The number of benzene rings is 1. The van der Waals surface area contributed by atoms with Gasteiger partial charge in [-0.25, -0.2) is 0 Å². The summed E-state index contributed by atoms with van der Waals surface area (Å²) in [4.78, 5) is 0. The summed E-state index contributed by atoms with van der Waals surface area (Å²) in [5, 5.41) is 13.1. The zero-order chi connectivity index (χ0) is 14.1. The van der Waals surface area contributed by atoms with Gasteiger partial charge in [0.05, 0.1) is 19.8 Å². The number of ether oxygens (including phenoxy) is 2. The monoisotopic (exact) mass is 267 g/mol. The first-order valence-corrected chi connectivity index (χ1v) is 6.76. The Labute approximate surface area is 115 Å². The molecule has 0 aliphatic rings. The Morgan fingerprint density at radius 3 is 2.63 bits per heavy atom. The topological polar surface area (TPSA) is 50.7 Å². The molecule has 0 heterocycles. The maximum atomic E-state index is 9.62. The van der Waals surface area contributed by atoms with Crippen LogP contribution in [-0.4, -0.2) is 38.6 Å². The minimum absolute atomic E-state index is 0.242. The van der Waals surface area contributed by atoms with E-state index < -0.39 is 6.10 Å². The normalized spacial score (nSPS) is 14.1. The minimum Gasteiger partial charge on any atom is -0.496 e. The molecule has 0 aromatic heterocycles. The predicted octanol–water partition coefficient (Wildman–Crippen LogP) is 2.13. The third-order valence-electron chi connectivity index (χ3n) is 3.15. The van der Waals surface area contributed by atoms with Gasteiger partial charge in [-0.15, -0.1) is 0 Å². The van der Waals surface area contributed by atoms with E-state index in [9.17, 15) is 5.11 Å². The second kappa shape index (κ2) is 8.91. The van der Waals surface area contributed by atoms with Crippen LogP contribution in [0.5, 0.6) is 5.75 Å². The van der Waals surface area contributed by atoms with E-state index in [0.29, 0.717) is 13.0 Å². The Bertz CT molecular complexity index is 357. The van der Waals surface area contributed by atoms with E-state index in [2.05, 4.69) is 18.3 Å². The molecule has 0 saturated heterocycles. The maximum Gasteiger partial charge on any atom is 0.123 e. The number of aliphatic hydroxyl groups excluding tert-OH is 1. The number of hydrogen-bond acceptors (Lipinski definition) is 4. The molecule has 0 saturated carbocycles. The second-order valence-corrected chi connectivity index (χ2v) is 4.55. The lowest BCUT2D eigenvalue weighted by molar-refractivity contribution is 0.0589. The van der Waals surface area contributed by atoms with Gasteiger partial charge in [-0.3, -0.25) is 0 Å². The molecule has 4 heteroatoms. The average Bonchev–Trinajstić information content (AvgIpc) is 2.44. The average molecular weight is 267 g/mol. The number of rotatable bonds is 9. The van der Waals surface area contributed by atoms with E-state index in [1.165, 1.54) is 0 Å². The minimum atomic E-state index is -0.410. The summed E-state index contributed by atoms with van der Waals surface area (Å²) < 4.78 is 10.3. The van der Waals surface area contributed by atoms with E-state index in [0.717, 1.165) is 24.3 Å². The number of nitrogens with one attached hydrogen (secondary N) is 1. The lowest BCUT2D eigenvalue weighted by Gasteiger charge is -2.20. The molecule has 1 aromatic carbocycles. The van der Waals surface area contributed by atoms with Crippen LogP contribution in [0.25, 0.3) is 0 Å². The second-order valence-electron chi connectivity index (χ2n) is 4.55. The van der Waals surface area contributed by atoms with Crippen LogP contribution in [0.1, 0.15) is 31.4 Å². The van der Waals surface area contributed by atoms with Crippen molar-refractivity contribution in [1.82, 2.24) is 5.32 Å². The summed E-state index contributed by atoms with van der Waals surface area (Å²) >= 11 is 0. The van der Waals surface area contributed by atoms with Crippen LogP contribution in [-0.2, 0) is 4.74 Å². The molecule has 19 heavy (non-hydrogen) atoms. The van der Waals surface area contributed by atoms with Gasteiger partial charge in [0, 0.05) is 18.7 Å². The van der Waals surface area contributed by atoms with Gasteiger partial charge in [0.15, 0.2) is 0 Å². The first-order chi connectivity index (χ1) is 9.22. The van der Waals surface area contributed by atoms with E-state index in [1.807, 2.05) is 18.2 Å². The number of hydrogen-bond donors (Lipinski definition) is 2. The van der Waals surface area contributed by atoms with Crippen LogP contribution >= 0.6 is 0 Å². The van der Waals surface area contributed by atoms with Crippen molar-refractivity contribution in [3.8, 4) is 5.75 Å². The Morgan fingerprint density at radius 2 is 2.00 bits per heavy atom. The molecule has 2 unspecified atom stereocenters. The fourth-order valence-corrected chi connectivity index (χ4v) is 2.13. The van der Waals surface area contributed by atoms with E-state index >= 15 is 0 Å². The highest BCUT2D eigenvalue weighted by Gasteiger charge is 2.13. The van der Waals surface area contributed by atoms with Crippen molar-refractivity contribution in [1.29, 1.82) is 0 Å². The Hall–Kier alpha value is -1.10. The molecule has 0 fully saturated rings. The Kier molecular flexibility index (Phi) is 7.48. The quantitative estimate of drug-likeness (QED) is 0.719. The number of methoxy groups -OCH3 is 2. The molecule has 4 nitrogen and oxygen atoms in total. The highest BCUT2D eigenvalue weighted by atomic mass is 16.5. The van der Waals surface area contributed by atoms with Crippen molar-refractivity contribution >= 4 is 0 Å². The molecule has 0 bridgehead atoms. The van der Waals surface area contributed by atoms with Crippen molar-refractivity contribution in [2.45, 2.75) is 31.9 Å². The molecule has 108 valence electrons. The van der Waals surface area contributed by atoms with Crippen molar-refractivity contribution in [3.63, 3.8) is 0 Å². The van der Waals surface area contributed by atoms with Crippen molar-refractivity contribution in [3.05, 3.63) is 29.8 Å². The van der Waals surface area contributed by atoms with Crippen LogP contribution < -0.4 is 10.1 Å². The zero-order valence-corrected chi connectivity index (χ0v) is 12.1. The Balaban J connectivity index is 2.53. The van der Waals surface area contributed by atoms with Crippen LogP contribution in [0.3, 0.4) is 0 Å². The molecule has 0 spiro atoms. The molecule has 2 atom stereocenters. The van der Waals surface area contributed by atoms with Gasteiger partial charge in [-0.05, 0) is 25.5 Å². The van der Waals surface area contributed by atoms with Crippen molar-refractivity contribution in [2.75, 3.05) is 27.4 Å². The lowest BCUT2D eigenvalue weighted by atomic mass is 10.0. The molecule has 0 aliphatic heterocycles. The van der Waals surface area contributed by atoms with Crippen LogP contribution in [0, 0.1) is 0 Å². The molecule has 0 amide bonds. The fraction of sp³-hybridized carbons (Fsp3) is 0.600. The van der Waals surface area contributed by atoms with Gasteiger partial charge in [0.25, 0.3) is 0 Å². The summed E-state index contributed by atoms with van der Waals surface area (Å²) in [5.74, 6) is 0.902. The largest absolute Gasteiger partial charge is 0.496 e. The first-order valence-electron chi connectivity index (χ1n) is 6.76. The number of para-hydroxylation sites is 1. The van der Waals surface area contributed by atoms with Gasteiger partial charge >= 0.3 is 0 Å². The zero-order valence-electron chi connectivity index (χ0n) is 12.1. The summed E-state index contributed by atoms with van der Waals surface area (Å²) in [5.41, 5.74) is 1.16. The van der Waals surface area contributed by atoms with E-state index in [-0.39, 0.29) is 6.04 Å². The van der Waals surface area contributed by atoms with Crippen molar-refractivity contribution < 1.29 is 14.6 Å². The standard InChI is InChI=1S/C15H25NO3/c1-4-14(16-10-9-12(17)11-18-2)13-7-5-6-8-15(13)19-3/h5-8,12,14,16-17H,4,9-11H2,1-3H3. The van der Waals surface area contributed by atoms with Crippen molar-refractivity contribution in [2.24, 2.45) is 0 Å². The summed E-state index contributed by atoms with van der Waals surface area (Å²) in [6, 6.07) is 8.27. The Morgan fingerprint density at radius 1 is 1.26 bits per heavy atom. The molecular formula is C15H25NO3. The predicted molar refractivity (Wildman–Crippen MR) is 76.5 cm³/mol. The SMILES string of the molecule is CCC(NCCC(O)COC)c1ccccc1OC. The molecule has 1 rings (SSSR count). The molecule has 0 aliphatic carbocycles. The van der Waals surface area contributed by atoms with Gasteiger partial charge in [0.2, 0.25) is 0 Å². The maximum absolute atomic E-state index is 9.62. The van der Waals surface area contributed by atoms with Crippen LogP contribution in [0.15, 0.2) is 24.3 Å². The lowest BCUT2D eigenvalue weighted by Crippen LogP contribution is -2.26. The van der Waals surface area contributed by atoms with E-state index in [4.69, 9.17) is 9.47 Å². The van der Waals surface area contributed by atoms with Crippen LogP contribution in [0.4, 0.5) is 0 Å². The highest BCUT2D eigenvalue weighted by molar-refractivity contribution is 5.35. The molecule has 0 radical (unpaired) electrons.